The van der Waals surface area contributed by atoms with Crippen LogP contribution in [-0.2, 0) is 4.79 Å². The molecule has 0 spiro atoms. The molecule has 0 aliphatic rings. The van der Waals surface area contributed by atoms with Gasteiger partial charge >= 0.3 is 0 Å². The number of thiol groups is 1. The van der Waals surface area contributed by atoms with E-state index in [-0.39, 0.29) is 5.25 Å². The molecule has 0 radical (unpaired) electrons. The fourth-order valence-corrected chi connectivity index (χ4v) is 0.324. The smallest absolute Gasteiger partial charge is 0.207 e. The predicted octanol–water partition coefficient (Wildman–Crippen LogP) is 0.0507. The highest BCUT2D eigenvalue weighted by Crippen LogP contribution is 1.85. The van der Waals surface area contributed by atoms with Crippen molar-refractivity contribution in [2.75, 3.05) is 6.54 Å². The second-order valence-corrected chi connectivity index (χ2v) is 2.26. The van der Waals surface area contributed by atoms with Crippen molar-refractivity contribution in [1.29, 1.82) is 0 Å². The lowest BCUT2D eigenvalue weighted by atomic mass is 10.5. The molecule has 42 valence electrons. The van der Waals surface area contributed by atoms with Crippen molar-refractivity contribution >= 4 is 19.0 Å². The Morgan fingerprint density at radius 1 is 2.00 bits per heavy atom. The molecular formula is C4H9NOS. The Bertz CT molecular complexity index is 55.7. The fraction of sp³-hybridized carbons (Fsp3) is 0.750. The van der Waals surface area contributed by atoms with Crippen LogP contribution in [-0.4, -0.2) is 18.2 Å². The molecule has 0 rings (SSSR count). The van der Waals surface area contributed by atoms with Crippen molar-refractivity contribution in [3.8, 4) is 0 Å². The van der Waals surface area contributed by atoms with Crippen LogP contribution in [0.2, 0.25) is 0 Å². The van der Waals surface area contributed by atoms with Gasteiger partial charge in [-0.3, -0.25) is 4.79 Å². The van der Waals surface area contributed by atoms with Gasteiger partial charge in [-0.1, -0.05) is 6.92 Å². The van der Waals surface area contributed by atoms with E-state index in [1.807, 2.05) is 6.92 Å². The van der Waals surface area contributed by atoms with E-state index in [1.54, 1.807) is 0 Å². The van der Waals surface area contributed by atoms with Crippen molar-refractivity contribution in [3.63, 3.8) is 0 Å². The molecule has 3 heteroatoms. The zero-order valence-corrected chi connectivity index (χ0v) is 5.11. The molecule has 7 heavy (non-hydrogen) atoms. The zero-order valence-electron chi connectivity index (χ0n) is 4.22. The van der Waals surface area contributed by atoms with Gasteiger partial charge in [-0.05, 0) is 0 Å². The molecule has 0 aromatic rings. The van der Waals surface area contributed by atoms with E-state index >= 15 is 0 Å². The highest BCUT2D eigenvalue weighted by molar-refractivity contribution is 7.80. The Balaban J connectivity index is 2.81. The topological polar surface area (TPSA) is 29.1 Å². The lowest BCUT2D eigenvalue weighted by molar-refractivity contribution is -0.109. The van der Waals surface area contributed by atoms with E-state index in [1.165, 1.54) is 0 Å². The van der Waals surface area contributed by atoms with Gasteiger partial charge in [0, 0.05) is 11.8 Å². The van der Waals surface area contributed by atoms with Gasteiger partial charge in [-0.2, -0.15) is 12.6 Å². The molecule has 0 heterocycles. The van der Waals surface area contributed by atoms with Crippen LogP contribution in [0.5, 0.6) is 0 Å². The van der Waals surface area contributed by atoms with E-state index in [0.29, 0.717) is 13.0 Å². The van der Waals surface area contributed by atoms with Gasteiger partial charge in [0.25, 0.3) is 0 Å². The molecule has 0 saturated heterocycles. The molecule has 0 aromatic carbocycles. The van der Waals surface area contributed by atoms with Crippen LogP contribution >= 0.6 is 12.6 Å². The highest BCUT2D eigenvalue weighted by Gasteiger charge is 1.87. The average Bonchev–Trinajstić information content (AvgIpc) is 1.61. The van der Waals surface area contributed by atoms with Crippen LogP contribution in [0.25, 0.3) is 0 Å². The van der Waals surface area contributed by atoms with Gasteiger partial charge in [0.15, 0.2) is 0 Å². The van der Waals surface area contributed by atoms with Crippen molar-refractivity contribution in [2.24, 2.45) is 0 Å². The first-order valence-corrected chi connectivity index (χ1v) is 2.64. The summed E-state index contributed by atoms with van der Waals surface area (Å²) in [4.78, 5) is 9.56. The number of amides is 1. The summed E-state index contributed by atoms with van der Waals surface area (Å²) in [6.07, 6.45) is 0.673. The van der Waals surface area contributed by atoms with Gasteiger partial charge in [0.2, 0.25) is 6.41 Å². The minimum atomic E-state index is 0.255. The van der Waals surface area contributed by atoms with Gasteiger partial charge in [0.05, 0.1) is 0 Å². The number of hydrogen-bond donors (Lipinski definition) is 2. The van der Waals surface area contributed by atoms with Crippen LogP contribution in [0.4, 0.5) is 0 Å². The quantitative estimate of drug-likeness (QED) is 0.399. The van der Waals surface area contributed by atoms with Crippen molar-refractivity contribution < 1.29 is 4.79 Å². The van der Waals surface area contributed by atoms with E-state index in [4.69, 9.17) is 0 Å². The molecule has 0 aromatic heterocycles. The fourth-order valence-electron chi connectivity index (χ4n) is 0.219. The minimum absolute atomic E-state index is 0.255. The monoisotopic (exact) mass is 119 g/mol. The molecule has 0 bridgehead atoms. The van der Waals surface area contributed by atoms with E-state index in [2.05, 4.69) is 17.9 Å². The first-order valence-electron chi connectivity index (χ1n) is 2.12. The van der Waals surface area contributed by atoms with Crippen molar-refractivity contribution in [1.82, 2.24) is 5.32 Å². The number of rotatable bonds is 3. The molecule has 2 nitrogen and oxygen atoms in total. The minimum Gasteiger partial charge on any atom is -0.358 e. The summed E-state index contributed by atoms with van der Waals surface area (Å²) in [6, 6.07) is 0. The molecule has 0 aliphatic carbocycles. The SMILES string of the molecule is CC(S)CNC=O. The Kier molecular flexibility index (Phi) is 3.89. The lowest BCUT2D eigenvalue weighted by Gasteiger charge is -1.98. The van der Waals surface area contributed by atoms with Crippen LogP contribution in [0.3, 0.4) is 0 Å². The van der Waals surface area contributed by atoms with Crippen LogP contribution in [0.1, 0.15) is 6.92 Å². The number of hydrogen-bond acceptors (Lipinski definition) is 2. The van der Waals surface area contributed by atoms with Gasteiger partial charge < -0.3 is 5.32 Å². The van der Waals surface area contributed by atoms with Crippen molar-refractivity contribution in [3.05, 3.63) is 0 Å². The first kappa shape index (κ1) is 6.82. The maximum atomic E-state index is 9.56. The Hall–Kier alpha value is -0.180. The third-order valence-electron chi connectivity index (χ3n) is 0.497. The van der Waals surface area contributed by atoms with Crippen LogP contribution in [0.15, 0.2) is 0 Å². The molecule has 0 saturated carbocycles. The maximum absolute atomic E-state index is 9.56. The molecular weight excluding hydrogens is 110 g/mol. The molecule has 1 atom stereocenters. The average molecular weight is 119 g/mol. The standard InChI is InChI=1S/C4H9NOS/c1-4(7)2-5-3-6/h3-4,7H,2H2,1H3,(H,5,6). The van der Waals surface area contributed by atoms with E-state index < -0.39 is 0 Å². The number of carbonyl (C=O) groups is 1. The third kappa shape index (κ3) is 5.82. The summed E-state index contributed by atoms with van der Waals surface area (Å²) in [5.74, 6) is 0. The number of carbonyl (C=O) groups excluding carboxylic acids is 1. The normalized spacial score (nSPS) is 12.9. The molecule has 1 amide bonds. The van der Waals surface area contributed by atoms with Crippen LogP contribution < -0.4 is 5.32 Å². The summed E-state index contributed by atoms with van der Waals surface area (Å²) in [6.45, 7) is 2.56. The van der Waals surface area contributed by atoms with Crippen molar-refractivity contribution in [2.45, 2.75) is 12.2 Å². The molecule has 1 N–H and O–H groups in total. The lowest BCUT2D eigenvalue weighted by Crippen LogP contribution is -2.18. The molecule has 0 fully saturated rings. The second-order valence-electron chi connectivity index (χ2n) is 1.38. The van der Waals surface area contributed by atoms with Gasteiger partial charge in [-0.15, -0.1) is 0 Å². The summed E-state index contributed by atoms with van der Waals surface area (Å²) in [5, 5.41) is 2.75. The Labute approximate surface area is 48.7 Å². The van der Waals surface area contributed by atoms with Gasteiger partial charge in [-0.25, -0.2) is 0 Å². The zero-order chi connectivity index (χ0) is 5.70. The third-order valence-corrected chi connectivity index (χ3v) is 0.679. The maximum Gasteiger partial charge on any atom is 0.207 e. The van der Waals surface area contributed by atoms with Crippen LogP contribution in [0, 0.1) is 0 Å². The van der Waals surface area contributed by atoms with E-state index in [0.717, 1.165) is 0 Å². The summed E-state index contributed by atoms with van der Waals surface area (Å²) < 4.78 is 0. The Morgan fingerprint density at radius 2 is 2.57 bits per heavy atom. The second kappa shape index (κ2) is 3.99. The summed E-state index contributed by atoms with van der Waals surface area (Å²) in [7, 11) is 0. The molecule has 1 unspecified atom stereocenters. The summed E-state index contributed by atoms with van der Waals surface area (Å²) >= 11 is 4.01. The molecule has 0 aliphatic heterocycles. The highest BCUT2D eigenvalue weighted by atomic mass is 32.1. The van der Waals surface area contributed by atoms with E-state index in [9.17, 15) is 4.79 Å². The first-order chi connectivity index (χ1) is 3.27. The van der Waals surface area contributed by atoms with Gasteiger partial charge in [0.1, 0.15) is 0 Å². The Morgan fingerprint density at radius 3 is 2.71 bits per heavy atom. The largest absolute Gasteiger partial charge is 0.358 e. The number of nitrogens with one attached hydrogen (secondary N) is 1. The summed E-state index contributed by atoms with van der Waals surface area (Å²) in [5.41, 5.74) is 0. The predicted molar refractivity (Wildman–Crippen MR) is 32.5 cm³/mol.